The molecule has 1 aromatic carbocycles. The quantitative estimate of drug-likeness (QED) is 0.760. The zero-order chi connectivity index (χ0) is 12.3. The molecular formula is C12H15N5. The van der Waals surface area contributed by atoms with Crippen molar-refractivity contribution < 1.29 is 0 Å². The number of rotatable bonds is 3. The number of hydrogen-bond acceptors (Lipinski definition) is 4. The van der Waals surface area contributed by atoms with Gasteiger partial charge in [0.1, 0.15) is 0 Å². The molecule has 1 aromatic heterocycles. The zero-order valence-corrected chi connectivity index (χ0v) is 10.2. The second-order valence-electron chi connectivity index (χ2n) is 3.95. The highest BCUT2D eigenvalue weighted by atomic mass is 15.2. The van der Waals surface area contributed by atoms with Crippen molar-refractivity contribution in [3.63, 3.8) is 0 Å². The Morgan fingerprint density at radius 3 is 2.35 bits per heavy atom. The van der Waals surface area contributed by atoms with Crippen LogP contribution in [0.1, 0.15) is 0 Å². The van der Waals surface area contributed by atoms with Crippen molar-refractivity contribution in [2.45, 2.75) is 0 Å². The molecule has 2 rings (SSSR count). The summed E-state index contributed by atoms with van der Waals surface area (Å²) in [6, 6.07) is 7.88. The van der Waals surface area contributed by atoms with Crippen LogP contribution in [0.5, 0.6) is 0 Å². The minimum absolute atomic E-state index is 0.599. The summed E-state index contributed by atoms with van der Waals surface area (Å²) in [5.74, 6) is 0.599. The fraction of sp³-hybridized carbons (Fsp3) is 0.250. The van der Waals surface area contributed by atoms with Crippen LogP contribution in [-0.4, -0.2) is 23.6 Å². The van der Waals surface area contributed by atoms with Crippen molar-refractivity contribution in [1.82, 2.24) is 9.55 Å². The molecule has 0 radical (unpaired) electrons. The number of nitrogens with zero attached hydrogens (tertiary/aromatic N) is 5. The highest BCUT2D eigenvalue weighted by Crippen LogP contribution is 2.20. The van der Waals surface area contributed by atoms with Crippen LogP contribution < -0.4 is 4.90 Å². The number of azo groups is 1. The third-order valence-corrected chi connectivity index (χ3v) is 2.42. The zero-order valence-electron chi connectivity index (χ0n) is 10.2. The summed E-state index contributed by atoms with van der Waals surface area (Å²) in [6.45, 7) is 0. The van der Waals surface area contributed by atoms with E-state index in [2.05, 4.69) is 15.2 Å². The van der Waals surface area contributed by atoms with Crippen LogP contribution in [-0.2, 0) is 7.05 Å². The number of hydrogen-bond donors (Lipinski definition) is 0. The van der Waals surface area contributed by atoms with Crippen LogP contribution in [0.2, 0.25) is 0 Å². The Balaban J connectivity index is 2.14. The fourth-order valence-electron chi connectivity index (χ4n) is 1.37. The molecule has 88 valence electrons. The van der Waals surface area contributed by atoms with Crippen molar-refractivity contribution in [3.8, 4) is 0 Å². The Labute approximate surface area is 100 Å². The molecule has 2 aromatic rings. The first-order chi connectivity index (χ1) is 8.16. The van der Waals surface area contributed by atoms with Gasteiger partial charge in [-0.15, -0.1) is 10.2 Å². The number of aromatic nitrogens is 2. The van der Waals surface area contributed by atoms with Gasteiger partial charge in [-0.3, -0.25) is 0 Å². The summed E-state index contributed by atoms with van der Waals surface area (Å²) in [4.78, 5) is 6.11. The molecule has 5 heteroatoms. The van der Waals surface area contributed by atoms with Gasteiger partial charge in [0.05, 0.1) is 5.69 Å². The van der Waals surface area contributed by atoms with Crippen LogP contribution in [0.4, 0.5) is 17.3 Å². The lowest BCUT2D eigenvalue weighted by atomic mass is 10.3. The lowest BCUT2D eigenvalue weighted by molar-refractivity contribution is 0.893. The molecule has 0 N–H and O–H groups in total. The molecule has 0 amide bonds. The van der Waals surface area contributed by atoms with Crippen molar-refractivity contribution in [2.24, 2.45) is 17.3 Å². The Kier molecular flexibility index (Phi) is 3.18. The maximum absolute atomic E-state index is 4.13. The normalized spacial score (nSPS) is 11.0. The molecular weight excluding hydrogens is 214 g/mol. The van der Waals surface area contributed by atoms with E-state index < -0.39 is 0 Å². The van der Waals surface area contributed by atoms with Gasteiger partial charge in [-0.2, -0.15) is 0 Å². The SMILES string of the molecule is CN(C)c1ccc(/N=N/c2nccn2C)cc1. The lowest BCUT2D eigenvalue weighted by Crippen LogP contribution is -2.07. The van der Waals surface area contributed by atoms with E-state index >= 15 is 0 Å². The molecule has 0 bridgehead atoms. The van der Waals surface area contributed by atoms with Crippen LogP contribution in [0.15, 0.2) is 46.9 Å². The molecule has 0 aliphatic heterocycles. The molecule has 0 unspecified atom stereocenters. The average molecular weight is 229 g/mol. The molecule has 5 nitrogen and oxygen atoms in total. The fourth-order valence-corrected chi connectivity index (χ4v) is 1.37. The van der Waals surface area contributed by atoms with E-state index in [1.807, 2.05) is 61.1 Å². The second-order valence-corrected chi connectivity index (χ2v) is 3.95. The summed E-state index contributed by atoms with van der Waals surface area (Å²) in [5, 5.41) is 8.21. The van der Waals surface area contributed by atoms with Crippen LogP contribution in [0.25, 0.3) is 0 Å². The number of anilines is 1. The molecule has 1 heterocycles. The van der Waals surface area contributed by atoms with Crippen molar-refractivity contribution >= 4 is 17.3 Å². The summed E-state index contributed by atoms with van der Waals surface area (Å²) >= 11 is 0. The second kappa shape index (κ2) is 4.78. The predicted octanol–water partition coefficient (Wildman–Crippen LogP) is 2.90. The summed E-state index contributed by atoms with van der Waals surface area (Å²) in [6.07, 6.45) is 3.53. The molecule has 17 heavy (non-hydrogen) atoms. The summed E-state index contributed by atoms with van der Waals surface area (Å²) in [7, 11) is 5.89. The molecule has 0 saturated heterocycles. The smallest absolute Gasteiger partial charge is 0.249 e. The van der Waals surface area contributed by atoms with E-state index in [-0.39, 0.29) is 0 Å². The molecule has 0 aliphatic carbocycles. The highest BCUT2D eigenvalue weighted by molar-refractivity contribution is 5.51. The maximum atomic E-state index is 4.13. The van der Waals surface area contributed by atoms with E-state index in [0.717, 1.165) is 11.4 Å². The molecule has 0 fully saturated rings. The van der Waals surface area contributed by atoms with Gasteiger partial charge in [-0.1, -0.05) is 0 Å². The van der Waals surface area contributed by atoms with Gasteiger partial charge in [-0.25, -0.2) is 4.98 Å². The van der Waals surface area contributed by atoms with Gasteiger partial charge < -0.3 is 9.47 Å². The van der Waals surface area contributed by atoms with Crippen molar-refractivity contribution in [2.75, 3.05) is 19.0 Å². The minimum Gasteiger partial charge on any atom is -0.378 e. The Morgan fingerprint density at radius 1 is 1.12 bits per heavy atom. The molecule has 0 saturated carbocycles. The van der Waals surface area contributed by atoms with Gasteiger partial charge >= 0.3 is 0 Å². The van der Waals surface area contributed by atoms with Crippen molar-refractivity contribution in [1.29, 1.82) is 0 Å². The largest absolute Gasteiger partial charge is 0.378 e. The monoisotopic (exact) mass is 229 g/mol. The lowest BCUT2D eigenvalue weighted by Gasteiger charge is -2.11. The van der Waals surface area contributed by atoms with E-state index in [1.54, 1.807) is 6.20 Å². The summed E-state index contributed by atoms with van der Waals surface area (Å²) in [5.41, 5.74) is 1.96. The predicted molar refractivity (Wildman–Crippen MR) is 68.2 cm³/mol. The van der Waals surface area contributed by atoms with Crippen LogP contribution in [0, 0.1) is 0 Å². The molecule has 0 atom stereocenters. The van der Waals surface area contributed by atoms with E-state index in [1.165, 1.54) is 0 Å². The number of aryl methyl sites for hydroxylation is 1. The molecule has 0 aliphatic rings. The van der Waals surface area contributed by atoms with Gasteiger partial charge in [0.15, 0.2) is 0 Å². The van der Waals surface area contributed by atoms with Gasteiger partial charge in [0, 0.05) is 39.2 Å². The third kappa shape index (κ3) is 2.69. The third-order valence-electron chi connectivity index (χ3n) is 2.42. The van der Waals surface area contributed by atoms with Gasteiger partial charge in [0.25, 0.3) is 0 Å². The molecule has 0 spiro atoms. The Hall–Kier alpha value is -2.17. The first-order valence-corrected chi connectivity index (χ1v) is 5.33. The Bertz CT molecular complexity index is 510. The van der Waals surface area contributed by atoms with E-state index in [0.29, 0.717) is 5.95 Å². The summed E-state index contributed by atoms with van der Waals surface area (Å²) < 4.78 is 1.82. The Morgan fingerprint density at radius 2 is 1.82 bits per heavy atom. The maximum Gasteiger partial charge on any atom is 0.249 e. The van der Waals surface area contributed by atoms with Crippen molar-refractivity contribution in [3.05, 3.63) is 36.7 Å². The van der Waals surface area contributed by atoms with Gasteiger partial charge in [0.2, 0.25) is 5.95 Å². The topological polar surface area (TPSA) is 45.8 Å². The standard InChI is InChI=1S/C12H15N5/c1-16(2)11-6-4-10(5-7-11)14-15-12-13-8-9-17(12)3/h4-9H,1-3H3/b15-14+. The minimum atomic E-state index is 0.599. The van der Waals surface area contributed by atoms with Crippen LogP contribution >= 0.6 is 0 Å². The van der Waals surface area contributed by atoms with E-state index in [4.69, 9.17) is 0 Å². The first-order valence-electron chi connectivity index (χ1n) is 5.33. The number of benzene rings is 1. The van der Waals surface area contributed by atoms with Gasteiger partial charge in [-0.05, 0) is 24.3 Å². The number of imidazole rings is 1. The van der Waals surface area contributed by atoms with Crippen LogP contribution in [0.3, 0.4) is 0 Å². The first kappa shape index (κ1) is 11.3. The highest BCUT2D eigenvalue weighted by Gasteiger charge is 1.97. The van der Waals surface area contributed by atoms with E-state index in [9.17, 15) is 0 Å². The average Bonchev–Trinajstić information content (AvgIpc) is 2.73.